The molecule has 0 radical (unpaired) electrons. The number of hydrogen-bond donors (Lipinski definition) is 3. The van der Waals surface area contributed by atoms with Gasteiger partial charge in [-0.15, -0.1) is 0 Å². The number of allylic oxidation sites excluding steroid dienone is 14. The van der Waals surface area contributed by atoms with Crippen LogP contribution in [0, 0.1) is 11.8 Å². The van der Waals surface area contributed by atoms with Gasteiger partial charge < -0.3 is 19.8 Å². The molecule has 3 aliphatic rings. The Bertz CT molecular complexity index is 2230. The number of furan rings is 1. The minimum atomic E-state index is -4.18. The SMILES string of the molecule is C\C=C/C(=C\C=C\NC(=O)C(CC1=C[C@@H](C)C(C(=O)NCCS(=O)(=O)O)C=C1)c1ccc(C2=CC3=CC=CC=C(C3)O2)cc1)c1cc2ccccc2o1. The summed E-state index contributed by atoms with van der Waals surface area (Å²) in [6.07, 6.45) is 25.9. The van der Waals surface area contributed by atoms with E-state index in [1.165, 1.54) is 0 Å². The Morgan fingerprint density at radius 3 is 2.62 bits per heavy atom. The van der Waals surface area contributed by atoms with E-state index < -0.39 is 27.7 Å². The van der Waals surface area contributed by atoms with Gasteiger partial charge >= 0.3 is 0 Å². The molecule has 3 N–H and O–H groups in total. The molecular formula is C43H42N2O7S. The van der Waals surface area contributed by atoms with Crippen molar-refractivity contribution >= 4 is 44.2 Å². The largest absolute Gasteiger partial charge is 0.461 e. The van der Waals surface area contributed by atoms with Crippen molar-refractivity contribution in [3.8, 4) is 0 Å². The molecule has 0 spiro atoms. The van der Waals surface area contributed by atoms with E-state index in [1.54, 1.807) is 18.4 Å². The van der Waals surface area contributed by atoms with Gasteiger partial charge in [0, 0.05) is 35.7 Å². The van der Waals surface area contributed by atoms with E-state index >= 15 is 0 Å². The fourth-order valence-corrected chi connectivity index (χ4v) is 6.84. The van der Waals surface area contributed by atoms with Gasteiger partial charge in [0.2, 0.25) is 11.8 Å². The minimum absolute atomic E-state index is 0.186. The van der Waals surface area contributed by atoms with Gasteiger partial charge in [-0.2, -0.15) is 8.42 Å². The monoisotopic (exact) mass is 730 g/mol. The topological polar surface area (TPSA) is 135 Å². The lowest BCUT2D eigenvalue weighted by molar-refractivity contribution is -0.124. The molecule has 2 amide bonds. The highest BCUT2D eigenvalue weighted by Crippen LogP contribution is 2.35. The molecule has 3 atom stereocenters. The van der Waals surface area contributed by atoms with E-state index in [2.05, 4.69) is 16.7 Å². The quantitative estimate of drug-likeness (QED) is 0.120. The smallest absolute Gasteiger partial charge is 0.266 e. The molecule has 2 bridgehead atoms. The summed E-state index contributed by atoms with van der Waals surface area (Å²) >= 11 is 0. The average Bonchev–Trinajstić information content (AvgIpc) is 3.50. The fraction of sp³-hybridized carbons (Fsp3) is 0.209. The summed E-state index contributed by atoms with van der Waals surface area (Å²) in [5, 5.41) is 6.55. The number of para-hydroxylation sites is 1. The van der Waals surface area contributed by atoms with E-state index in [-0.39, 0.29) is 24.3 Å². The lowest BCUT2D eigenvalue weighted by Gasteiger charge is -2.24. The average molecular weight is 731 g/mol. The Morgan fingerprint density at radius 2 is 1.87 bits per heavy atom. The first-order valence-electron chi connectivity index (χ1n) is 17.5. The molecule has 1 aliphatic heterocycles. The van der Waals surface area contributed by atoms with E-state index in [9.17, 15) is 18.0 Å². The number of carbonyl (C=O) groups excluding carboxylic acids is 2. The van der Waals surface area contributed by atoms with Crippen LogP contribution in [0.2, 0.25) is 0 Å². The van der Waals surface area contributed by atoms with E-state index in [0.29, 0.717) is 12.2 Å². The Balaban J connectivity index is 1.20. The highest BCUT2D eigenvalue weighted by molar-refractivity contribution is 7.85. The maximum atomic E-state index is 13.9. The van der Waals surface area contributed by atoms with Crippen LogP contribution in [0.4, 0.5) is 0 Å². The zero-order valence-corrected chi connectivity index (χ0v) is 30.4. The van der Waals surface area contributed by atoms with Crippen molar-refractivity contribution in [2.75, 3.05) is 12.3 Å². The second kappa shape index (κ2) is 16.8. The first-order chi connectivity index (χ1) is 25.6. The number of carbonyl (C=O) groups is 2. The van der Waals surface area contributed by atoms with Crippen molar-refractivity contribution in [1.29, 1.82) is 0 Å². The zero-order chi connectivity index (χ0) is 37.4. The summed E-state index contributed by atoms with van der Waals surface area (Å²) in [5.74, 6) is -0.0595. The van der Waals surface area contributed by atoms with Gasteiger partial charge in [-0.05, 0) is 66.8 Å². The van der Waals surface area contributed by atoms with E-state index in [1.807, 2.05) is 123 Å². The molecule has 0 saturated heterocycles. The summed E-state index contributed by atoms with van der Waals surface area (Å²) in [6.45, 7) is 3.64. The molecule has 0 fully saturated rings. The predicted molar refractivity (Wildman–Crippen MR) is 208 cm³/mol. The fourth-order valence-electron chi connectivity index (χ4n) is 6.48. The molecule has 2 aromatic carbocycles. The summed E-state index contributed by atoms with van der Waals surface area (Å²) in [6, 6.07) is 17.6. The third-order valence-electron chi connectivity index (χ3n) is 9.17. The Kier molecular flexibility index (Phi) is 11.7. The summed E-state index contributed by atoms with van der Waals surface area (Å²) < 4.78 is 43.3. The van der Waals surface area contributed by atoms with Gasteiger partial charge in [0.1, 0.15) is 22.9 Å². The molecule has 0 saturated carbocycles. The summed E-state index contributed by atoms with van der Waals surface area (Å²) in [4.78, 5) is 26.7. The van der Waals surface area contributed by atoms with Crippen LogP contribution in [0.1, 0.15) is 49.5 Å². The van der Waals surface area contributed by atoms with Crippen LogP contribution in [0.3, 0.4) is 0 Å². The number of rotatable bonds is 13. The van der Waals surface area contributed by atoms with Crippen LogP contribution in [-0.2, 0) is 24.4 Å². The first kappa shape index (κ1) is 37.1. The molecule has 9 nitrogen and oxygen atoms in total. The Labute approximate surface area is 309 Å². The lowest BCUT2D eigenvalue weighted by atomic mass is 9.82. The van der Waals surface area contributed by atoms with Crippen LogP contribution in [-0.4, -0.2) is 37.1 Å². The highest BCUT2D eigenvalue weighted by atomic mass is 32.2. The maximum Gasteiger partial charge on any atom is 0.266 e. The standard InChI is InChI=1S/C43H42N2O7S/c1-3-9-33(41-28-35-11-5-7-14-39(35)52-41)12-8-21-44-43(47)38(26-31-15-20-37(29(2)24-31)42(46)45-22-23-53(48,49)50)32-16-18-34(19-17-32)40-27-30-10-4-6-13-36(25-30)51-40/h3-21,24,27-29,37-38H,22-23,25-26H2,1-2H3,(H,44,47)(H,45,46)(H,48,49,50)/b9-3-,21-8+,33-12+/t29-,37?,38?/m1/s1. The lowest BCUT2D eigenvalue weighted by Crippen LogP contribution is -2.36. The third kappa shape index (κ3) is 9.79. The number of amides is 2. The molecule has 2 heterocycles. The number of benzene rings is 2. The molecule has 6 rings (SSSR count). The van der Waals surface area contributed by atoms with Crippen LogP contribution < -0.4 is 10.6 Å². The number of fused-ring (bicyclic) bond motifs is 3. The number of hydrogen-bond acceptors (Lipinski definition) is 6. The molecule has 2 unspecified atom stereocenters. The maximum absolute atomic E-state index is 13.9. The predicted octanol–water partition coefficient (Wildman–Crippen LogP) is 8.09. The van der Waals surface area contributed by atoms with Gasteiger partial charge in [0.05, 0.1) is 17.6 Å². The van der Waals surface area contributed by atoms with Crippen LogP contribution in [0.5, 0.6) is 0 Å². The Hall–Kier alpha value is -5.71. The van der Waals surface area contributed by atoms with E-state index in [0.717, 1.165) is 56.8 Å². The van der Waals surface area contributed by atoms with Crippen LogP contribution >= 0.6 is 0 Å². The second-order valence-electron chi connectivity index (χ2n) is 13.1. The molecule has 1 aromatic heterocycles. The van der Waals surface area contributed by atoms with Crippen molar-refractivity contribution in [2.45, 2.75) is 32.6 Å². The van der Waals surface area contributed by atoms with Gasteiger partial charge in [0.15, 0.2) is 0 Å². The zero-order valence-electron chi connectivity index (χ0n) is 29.6. The summed E-state index contributed by atoms with van der Waals surface area (Å²) in [5.41, 5.74) is 5.40. The third-order valence-corrected chi connectivity index (χ3v) is 9.89. The highest BCUT2D eigenvalue weighted by Gasteiger charge is 2.27. The van der Waals surface area contributed by atoms with Crippen LogP contribution in [0.15, 0.2) is 155 Å². The number of nitrogens with one attached hydrogen (secondary N) is 2. The van der Waals surface area contributed by atoms with Crippen LogP contribution in [0.25, 0.3) is 22.3 Å². The van der Waals surface area contributed by atoms with Gasteiger partial charge in [-0.3, -0.25) is 14.1 Å². The molecular weight excluding hydrogens is 689 g/mol. The van der Waals surface area contributed by atoms with Crippen molar-refractivity contribution < 1.29 is 31.7 Å². The van der Waals surface area contributed by atoms with Crippen molar-refractivity contribution in [1.82, 2.24) is 10.6 Å². The molecule has 272 valence electrons. The normalized spacial score (nSPS) is 19.3. The van der Waals surface area contributed by atoms with Crippen molar-refractivity contribution in [3.63, 3.8) is 0 Å². The molecule has 2 aliphatic carbocycles. The van der Waals surface area contributed by atoms with Gasteiger partial charge in [0.25, 0.3) is 10.1 Å². The van der Waals surface area contributed by atoms with Crippen molar-refractivity contribution in [3.05, 3.63) is 168 Å². The van der Waals surface area contributed by atoms with Gasteiger partial charge in [-0.25, -0.2) is 0 Å². The summed E-state index contributed by atoms with van der Waals surface area (Å²) in [7, 11) is -4.18. The van der Waals surface area contributed by atoms with E-state index in [4.69, 9.17) is 13.7 Å². The molecule has 53 heavy (non-hydrogen) atoms. The Morgan fingerprint density at radius 1 is 1.08 bits per heavy atom. The minimum Gasteiger partial charge on any atom is -0.461 e. The number of ether oxygens (including phenoxy) is 1. The van der Waals surface area contributed by atoms with Gasteiger partial charge in [-0.1, -0.05) is 104 Å². The first-order valence-corrected chi connectivity index (χ1v) is 19.1. The van der Waals surface area contributed by atoms with Crippen molar-refractivity contribution in [2.24, 2.45) is 11.8 Å². The molecule has 3 aromatic rings. The molecule has 10 heteroatoms. The second-order valence-corrected chi connectivity index (χ2v) is 14.7.